The summed E-state index contributed by atoms with van der Waals surface area (Å²) in [5, 5.41) is 8.35. The SMILES string of the molecule is C=c1c(C2CCC(=O)NC2=O)nn(C)/c1=C/C=C\C. The van der Waals surface area contributed by atoms with E-state index in [-0.39, 0.29) is 17.7 Å². The Labute approximate surface area is 111 Å². The van der Waals surface area contributed by atoms with Gasteiger partial charge in [-0.15, -0.1) is 0 Å². The van der Waals surface area contributed by atoms with Crippen molar-refractivity contribution in [3.63, 3.8) is 0 Å². The van der Waals surface area contributed by atoms with Gasteiger partial charge in [0, 0.05) is 18.7 Å². The topological polar surface area (TPSA) is 64.0 Å². The minimum atomic E-state index is -0.385. The summed E-state index contributed by atoms with van der Waals surface area (Å²) in [4.78, 5) is 23.0. The number of hydrogen-bond acceptors (Lipinski definition) is 3. The van der Waals surface area contributed by atoms with Crippen LogP contribution in [-0.4, -0.2) is 21.6 Å². The third-order valence-corrected chi connectivity index (χ3v) is 3.24. The molecule has 1 aromatic heterocycles. The highest BCUT2D eigenvalue weighted by atomic mass is 16.2. The molecule has 5 nitrogen and oxygen atoms in total. The highest BCUT2D eigenvalue weighted by molar-refractivity contribution is 6.00. The summed E-state index contributed by atoms with van der Waals surface area (Å²) >= 11 is 0. The van der Waals surface area contributed by atoms with Gasteiger partial charge in [0.05, 0.1) is 17.0 Å². The number of rotatable bonds is 2. The van der Waals surface area contributed by atoms with Crippen LogP contribution in [0.25, 0.3) is 12.7 Å². The summed E-state index contributed by atoms with van der Waals surface area (Å²) in [7, 11) is 1.82. The predicted octanol–water partition coefficient (Wildman–Crippen LogP) is -0.293. The molecular weight excluding hydrogens is 242 g/mol. The van der Waals surface area contributed by atoms with E-state index in [0.29, 0.717) is 18.5 Å². The van der Waals surface area contributed by atoms with Crippen LogP contribution in [0, 0.1) is 0 Å². The fourth-order valence-corrected chi connectivity index (χ4v) is 2.23. The van der Waals surface area contributed by atoms with E-state index in [9.17, 15) is 9.59 Å². The number of hydrogen-bond donors (Lipinski definition) is 1. The van der Waals surface area contributed by atoms with Crippen LogP contribution in [0.4, 0.5) is 0 Å². The summed E-state index contributed by atoms with van der Waals surface area (Å²) in [5.41, 5.74) is 0.656. The standard InChI is InChI=1S/C14H17N3O2/c1-4-5-6-11-9(2)13(16-17(11)3)10-7-8-12(18)15-14(10)19/h4-6,10H,2,7-8H2,1,3H3,(H,15,18,19)/b5-4-,11-6+. The van der Waals surface area contributed by atoms with Gasteiger partial charge < -0.3 is 0 Å². The largest absolute Gasteiger partial charge is 0.296 e. The van der Waals surface area contributed by atoms with Crippen LogP contribution in [-0.2, 0) is 16.6 Å². The molecule has 2 amide bonds. The molecule has 1 aliphatic heterocycles. The second kappa shape index (κ2) is 5.22. The number of aryl methyl sites for hydroxylation is 1. The molecule has 1 aliphatic rings. The number of nitrogens with zero attached hydrogens (tertiary/aromatic N) is 2. The molecule has 0 saturated carbocycles. The summed E-state index contributed by atoms with van der Waals surface area (Å²) in [6, 6.07) is 0. The Kier molecular flexibility index (Phi) is 3.64. The molecule has 5 heteroatoms. The summed E-state index contributed by atoms with van der Waals surface area (Å²) < 4.78 is 1.71. The van der Waals surface area contributed by atoms with Crippen molar-refractivity contribution in [3.05, 3.63) is 28.4 Å². The molecule has 1 saturated heterocycles. The first-order valence-corrected chi connectivity index (χ1v) is 6.23. The molecule has 0 aliphatic carbocycles. The van der Waals surface area contributed by atoms with Gasteiger partial charge >= 0.3 is 0 Å². The molecule has 0 bridgehead atoms. The third kappa shape index (κ3) is 2.50. The summed E-state index contributed by atoms with van der Waals surface area (Å²) in [5.74, 6) is -0.885. The minimum Gasteiger partial charge on any atom is -0.296 e. The van der Waals surface area contributed by atoms with Crippen LogP contribution >= 0.6 is 0 Å². The first-order chi connectivity index (χ1) is 9.04. The van der Waals surface area contributed by atoms with Crippen molar-refractivity contribution in [1.29, 1.82) is 0 Å². The monoisotopic (exact) mass is 259 g/mol. The Morgan fingerprint density at radius 2 is 2.21 bits per heavy atom. The Morgan fingerprint density at radius 1 is 1.47 bits per heavy atom. The van der Waals surface area contributed by atoms with Gasteiger partial charge in [-0.1, -0.05) is 18.7 Å². The van der Waals surface area contributed by atoms with Crippen LogP contribution < -0.4 is 15.9 Å². The number of allylic oxidation sites excluding steroid dienone is 2. The molecule has 0 spiro atoms. The molecule has 2 rings (SSSR count). The number of imide groups is 1. The Hall–Kier alpha value is -2.17. The number of nitrogens with one attached hydrogen (secondary N) is 1. The second-order valence-corrected chi connectivity index (χ2v) is 4.57. The van der Waals surface area contributed by atoms with Gasteiger partial charge in [-0.2, -0.15) is 5.10 Å². The summed E-state index contributed by atoms with van der Waals surface area (Å²) in [6.07, 6.45) is 6.57. The highest BCUT2D eigenvalue weighted by Crippen LogP contribution is 2.19. The zero-order chi connectivity index (χ0) is 14.0. The molecular formula is C14H17N3O2. The number of aromatic nitrogens is 2. The van der Waals surface area contributed by atoms with Crippen molar-refractivity contribution in [3.8, 4) is 0 Å². The first-order valence-electron chi connectivity index (χ1n) is 6.23. The average molecular weight is 259 g/mol. The zero-order valence-electron chi connectivity index (χ0n) is 11.1. The van der Waals surface area contributed by atoms with Crippen molar-refractivity contribution in [2.24, 2.45) is 7.05 Å². The fraction of sp³-hybridized carbons (Fsp3) is 0.357. The molecule has 1 N–H and O–H groups in total. The van der Waals surface area contributed by atoms with Gasteiger partial charge in [-0.3, -0.25) is 19.6 Å². The third-order valence-electron chi connectivity index (χ3n) is 3.24. The quantitative estimate of drug-likeness (QED) is 0.742. The van der Waals surface area contributed by atoms with E-state index in [0.717, 1.165) is 10.6 Å². The Balaban J connectivity index is 2.45. The fourth-order valence-electron chi connectivity index (χ4n) is 2.23. The van der Waals surface area contributed by atoms with Crippen LogP contribution in [0.3, 0.4) is 0 Å². The van der Waals surface area contributed by atoms with Crippen molar-refractivity contribution in [2.45, 2.75) is 25.7 Å². The number of piperidine rings is 1. The Bertz CT molecular complexity index is 655. The van der Waals surface area contributed by atoms with E-state index in [4.69, 9.17) is 0 Å². The van der Waals surface area contributed by atoms with Gasteiger partial charge in [0.1, 0.15) is 0 Å². The van der Waals surface area contributed by atoms with Gasteiger partial charge in [-0.25, -0.2) is 0 Å². The highest BCUT2D eigenvalue weighted by Gasteiger charge is 2.30. The molecule has 0 radical (unpaired) electrons. The molecule has 19 heavy (non-hydrogen) atoms. The molecule has 1 fully saturated rings. The lowest BCUT2D eigenvalue weighted by Gasteiger charge is -2.18. The molecule has 1 atom stereocenters. The van der Waals surface area contributed by atoms with E-state index < -0.39 is 0 Å². The van der Waals surface area contributed by atoms with E-state index in [1.807, 2.05) is 32.2 Å². The zero-order valence-corrected chi connectivity index (χ0v) is 11.1. The van der Waals surface area contributed by atoms with E-state index >= 15 is 0 Å². The second-order valence-electron chi connectivity index (χ2n) is 4.57. The predicted molar refractivity (Wildman–Crippen MR) is 72.4 cm³/mol. The molecule has 100 valence electrons. The van der Waals surface area contributed by atoms with Crippen molar-refractivity contribution in [2.75, 3.05) is 0 Å². The van der Waals surface area contributed by atoms with E-state index in [1.165, 1.54) is 0 Å². The van der Waals surface area contributed by atoms with Crippen molar-refractivity contribution in [1.82, 2.24) is 15.1 Å². The van der Waals surface area contributed by atoms with Gasteiger partial charge in [0.25, 0.3) is 0 Å². The molecule has 1 unspecified atom stereocenters. The lowest BCUT2D eigenvalue weighted by atomic mass is 9.94. The van der Waals surface area contributed by atoms with Gasteiger partial charge in [0.2, 0.25) is 11.8 Å². The Morgan fingerprint density at radius 3 is 2.84 bits per heavy atom. The number of carbonyl (C=O) groups excluding carboxylic acids is 2. The van der Waals surface area contributed by atoms with E-state index in [2.05, 4.69) is 17.0 Å². The number of amides is 2. The average Bonchev–Trinajstić information content (AvgIpc) is 2.63. The normalized spacial score (nSPS) is 21.2. The maximum absolute atomic E-state index is 11.9. The van der Waals surface area contributed by atoms with Gasteiger partial charge in [-0.05, 0) is 19.4 Å². The molecule has 2 heterocycles. The van der Waals surface area contributed by atoms with Gasteiger partial charge in [0.15, 0.2) is 0 Å². The first kappa shape index (κ1) is 13.3. The van der Waals surface area contributed by atoms with Crippen LogP contribution in [0.1, 0.15) is 31.4 Å². The van der Waals surface area contributed by atoms with Crippen LogP contribution in [0.15, 0.2) is 12.2 Å². The molecule has 1 aromatic rings. The smallest absolute Gasteiger partial charge is 0.235 e. The maximum atomic E-state index is 11.9. The van der Waals surface area contributed by atoms with E-state index in [1.54, 1.807) is 4.68 Å². The molecule has 0 aromatic carbocycles. The van der Waals surface area contributed by atoms with Crippen LogP contribution in [0.2, 0.25) is 0 Å². The maximum Gasteiger partial charge on any atom is 0.235 e. The minimum absolute atomic E-state index is 0.219. The lowest BCUT2D eigenvalue weighted by molar-refractivity contribution is -0.134. The lowest BCUT2D eigenvalue weighted by Crippen LogP contribution is -2.41. The summed E-state index contributed by atoms with van der Waals surface area (Å²) in [6.45, 7) is 5.94. The van der Waals surface area contributed by atoms with Crippen molar-refractivity contribution >= 4 is 24.5 Å². The van der Waals surface area contributed by atoms with Crippen molar-refractivity contribution < 1.29 is 9.59 Å². The number of carbonyl (C=O) groups is 2. The van der Waals surface area contributed by atoms with Crippen LogP contribution in [0.5, 0.6) is 0 Å².